The third kappa shape index (κ3) is 4.34. The Morgan fingerprint density at radius 2 is 2.18 bits per heavy atom. The molecule has 0 fully saturated rings. The van der Waals surface area contributed by atoms with E-state index < -0.39 is 0 Å². The van der Waals surface area contributed by atoms with Crippen LogP contribution in [0.2, 0.25) is 0 Å². The molecule has 0 aliphatic heterocycles. The van der Waals surface area contributed by atoms with Gasteiger partial charge in [0.05, 0.1) is 11.0 Å². The van der Waals surface area contributed by atoms with E-state index >= 15 is 0 Å². The first kappa shape index (κ1) is 14.0. The van der Waals surface area contributed by atoms with Crippen LogP contribution in [0.15, 0.2) is 16.6 Å². The van der Waals surface area contributed by atoms with Gasteiger partial charge in [-0.25, -0.2) is 4.39 Å². The molecule has 0 radical (unpaired) electrons. The number of halogens is 2. The molecule has 0 bridgehead atoms. The van der Waals surface area contributed by atoms with E-state index in [0.29, 0.717) is 16.7 Å². The highest BCUT2D eigenvalue weighted by Gasteiger charge is 2.06. The van der Waals surface area contributed by atoms with E-state index in [1.54, 1.807) is 6.07 Å². The van der Waals surface area contributed by atoms with Gasteiger partial charge in [-0.2, -0.15) is 0 Å². The number of nitrogens with one attached hydrogen (secondary N) is 2. The van der Waals surface area contributed by atoms with E-state index in [-0.39, 0.29) is 18.3 Å². The van der Waals surface area contributed by atoms with Crippen LogP contribution < -0.4 is 10.6 Å². The summed E-state index contributed by atoms with van der Waals surface area (Å²) >= 11 is 3.11. The van der Waals surface area contributed by atoms with Crippen LogP contribution in [0.3, 0.4) is 0 Å². The molecule has 0 saturated heterocycles. The molecule has 0 spiro atoms. The van der Waals surface area contributed by atoms with E-state index in [2.05, 4.69) is 26.6 Å². The van der Waals surface area contributed by atoms with Gasteiger partial charge in [-0.3, -0.25) is 4.79 Å². The molecule has 0 aromatic heterocycles. The molecule has 0 atom stereocenters. The average molecular weight is 303 g/mol. The predicted octanol–water partition coefficient (Wildman–Crippen LogP) is 2.83. The molecule has 17 heavy (non-hydrogen) atoms. The summed E-state index contributed by atoms with van der Waals surface area (Å²) in [6.45, 7) is 4.66. The molecule has 0 saturated carbocycles. The van der Waals surface area contributed by atoms with E-state index in [4.69, 9.17) is 0 Å². The standard InChI is InChI=1S/C12H16BrFN2O/c1-3-4-15-12(17)7-16-11-6-10(14)9(13)5-8(11)2/h5-6,16H,3-4,7H2,1-2H3,(H,15,17). The van der Waals surface area contributed by atoms with E-state index in [0.717, 1.165) is 12.0 Å². The lowest BCUT2D eigenvalue weighted by Gasteiger charge is -2.10. The van der Waals surface area contributed by atoms with Crippen LogP contribution in [-0.4, -0.2) is 19.0 Å². The van der Waals surface area contributed by atoms with Gasteiger partial charge in [0.25, 0.3) is 0 Å². The minimum Gasteiger partial charge on any atom is -0.376 e. The fourth-order valence-electron chi connectivity index (χ4n) is 1.34. The normalized spacial score (nSPS) is 10.1. The topological polar surface area (TPSA) is 41.1 Å². The summed E-state index contributed by atoms with van der Waals surface area (Å²) in [6.07, 6.45) is 0.900. The lowest BCUT2D eigenvalue weighted by molar-refractivity contribution is -0.119. The van der Waals surface area contributed by atoms with Crippen LogP contribution in [0.25, 0.3) is 0 Å². The second-order valence-electron chi connectivity index (χ2n) is 3.78. The van der Waals surface area contributed by atoms with Crippen LogP contribution in [0.1, 0.15) is 18.9 Å². The first-order chi connectivity index (χ1) is 8.04. The van der Waals surface area contributed by atoms with Gasteiger partial charge in [0, 0.05) is 12.2 Å². The van der Waals surface area contributed by atoms with Crippen molar-refractivity contribution in [1.82, 2.24) is 5.32 Å². The molecule has 0 heterocycles. The van der Waals surface area contributed by atoms with Gasteiger partial charge in [-0.05, 0) is 47.0 Å². The van der Waals surface area contributed by atoms with Gasteiger partial charge in [0.1, 0.15) is 5.82 Å². The van der Waals surface area contributed by atoms with E-state index in [1.165, 1.54) is 6.07 Å². The summed E-state index contributed by atoms with van der Waals surface area (Å²) in [5.41, 5.74) is 1.53. The highest BCUT2D eigenvalue weighted by atomic mass is 79.9. The van der Waals surface area contributed by atoms with Crippen LogP contribution >= 0.6 is 15.9 Å². The maximum absolute atomic E-state index is 13.3. The highest BCUT2D eigenvalue weighted by molar-refractivity contribution is 9.10. The molecule has 0 unspecified atom stereocenters. The smallest absolute Gasteiger partial charge is 0.239 e. The molecular formula is C12H16BrFN2O. The number of rotatable bonds is 5. The summed E-state index contributed by atoms with van der Waals surface area (Å²) < 4.78 is 13.7. The van der Waals surface area contributed by atoms with Crippen LogP contribution in [0.5, 0.6) is 0 Å². The number of carbonyl (C=O) groups is 1. The zero-order valence-electron chi connectivity index (χ0n) is 9.94. The molecule has 0 aliphatic rings. The van der Waals surface area contributed by atoms with Crippen LogP contribution in [0.4, 0.5) is 10.1 Å². The molecule has 2 N–H and O–H groups in total. The van der Waals surface area contributed by atoms with Crippen molar-refractivity contribution in [3.8, 4) is 0 Å². The van der Waals surface area contributed by atoms with Gasteiger partial charge in [0.2, 0.25) is 5.91 Å². The first-order valence-corrected chi connectivity index (χ1v) is 6.30. The van der Waals surface area contributed by atoms with Crippen molar-refractivity contribution in [3.05, 3.63) is 28.0 Å². The van der Waals surface area contributed by atoms with Crippen molar-refractivity contribution in [2.45, 2.75) is 20.3 Å². The Labute approximate surface area is 109 Å². The van der Waals surface area contributed by atoms with Gasteiger partial charge in [-0.1, -0.05) is 6.92 Å². The number of amides is 1. The molecule has 1 amide bonds. The zero-order chi connectivity index (χ0) is 12.8. The van der Waals surface area contributed by atoms with Crippen molar-refractivity contribution in [2.24, 2.45) is 0 Å². The Morgan fingerprint density at radius 1 is 1.47 bits per heavy atom. The molecule has 0 aliphatic carbocycles. The summed E-state index contributed by atoms with van der Waals surface area (Å²) in [5.74, 6) is -0.429. The molecule has 1 aromatic rings. The Bertz CT molecular complexity index is 410. The Morgan fingerprint density at radius 3 is 2.82 bits per heavy atom. The van der Waals surface area contributed by atoms with Crippen LogP contribution in [-0.2, 0) is 4.79 Å². The second-order valence-corrected chi connectivity index (χ2v) is 4.64. The predicted molar refractivity (Wildman–Crippen MR) is 70.6 cm³/mol. The van der Waals surface area contributed by atoms with Gasteiger partial charge in [-0.15, -0.1) is 0 Å². The lowest BCUT2D eigenvalue weighted by atomic mass is 10.2. The monoisotopic (exact) mass is 302 g/mol. The number of benzene rings is 1. The molecule has 1 aromatic carbocycles. The van der Waals surface area contributed by atoms with Crippen molar-refractivity contribution in [2.75, 3.05) is 18.4 Å². The number of hydrogen-bond donors (Lipinski definition) is 2. The summed E-state index contributed by atoms with van der Waals surface area (Å²) in [4.78, 5) is 11.4. The maximum Gasteiger partial charge on any atom is 0.239 e. The highest BCUT2D eigenvalue weighted by Crippen LogP contribution is 2.23. The van der Waals surface area contributed by atoms with Crippen molar-refractivity contribution < 1.29 is 9.18 Å². The van der Waals surface area contributed by atoms with E-state index in [1.807, 2.05) is 13.8 Å². The SMILES string of the molecule is CCCNC(=O)CNc1cc(F)c(Br)cc1C. The van der Waals surface area contributed by atoms with Gasteiger partial charge in [0.15, 0.2) is 0 Å². The molecule has 3 nitrogen and oxygen atoms in total. The minimum atomic E-state index is -0.341. The molecule has 1 rings (SSSR count). The zero-order valence-corrected chi connectivity index (χ0v) is 11.5. The lowest BCUT2D eigenvalue weighted by Crippen LogP contribution is -2.30. The van der Waals surface area contributed by atoms with Crippen LogP contribution in [0, 0.1) is 12.7 Å². The molecule has 94 valence electrons. The Kier molecular flexibility index (Phi) is 5.41. The van der Waals surface area contributed by atoms with Crippen molar-refractivity contribution in [1.29, 1.82) is 0 Å². The number of anilines is 1. The van der Waals surface area contributed by atoms with E-state index in [9.17, 15) is 9.18 Å². The fraction of sp³-hybridized carbons (Fsp3) is 0.417. The quantitative estimate of drug-likeness (QED) is 0.878. The van der Waals surface area contributed by atoms with Gasteiger partial charge < -0.3 is 10.6 Å². The maximum atomic E-state index is 13.3. The van der Waals surface area contributed by atoms with Crippen molar-refractivity contribution in [3.63, 3.8) is 0 Å². The Hall–Kier alpha value is -1.10. The molecule has 5 heteroatoms. The third-order valence-electron chi connectivity index (χ3n) is 2.28. The number of carbonyl (C=O) groups excluding carboxylic acids is 1. The fourth-order valence-corrected chi connectivity index (χ4v) is 1.80. The minimum absolute atomic E-state index is 0.0884. The Balaban J connectivity index is 2.57. The summed E-state index contributed by atoms with van der Waals surface area (Å²) in [6, 6.07) is 3.06. The van der Waals surface area contributed by atoms with Gasteiger partial charge >= 0.3 is 0 Å². The summed E-state index contributed by atoms with van der Waals surface area (Å²) in [7, 11) is 0. The third-order valence-corrected chi connectivity index (χ3v) is 2.89. The number of aryl methyl sites for hydroxylation is 1. The second kappa shape index (κ2) is 6.59. The number of hydrogen-bond acceptors (Lipinski definition) is 2. The molecular weight excluding hydrogens is 287 g/mol. The largest absolute Gasteiger partial charge is 0.376 e. The average Bonchev–Trinajstić information content (AvgIpc) is 2.29. The first-order valence-electron chi connectivity index (χ1n) is 5.50. The van der Waals surface area contributed by atoms with Crippen molar-refractivity contribution >= 4 is 27.5 Å². The summed E-state index contributed by atoms with van der Waals surface area (Å²) in [5, 5.41) is 5.66.